The van der Waals surface area contributed by atoms with Crippen LogP contribution in [0.25, 0.3) is 0 Å². The average Bonchev–Trinajstić information content (AvgIpc) is 3.07. The number of unbranched alkanes of at least 4 members (excludes halogenated alkanes) is 9. The molecule has 24 heavy (non-hydrogen) atoms. The van der Waals surface area contributed by atoms with Gasteiger partial charge in [-0.3, -0.25) is 14.4 Å². The van der Waals surface area contributed by atoms with Gasteiger partial charge in [-0.25, -0.2) is 0 Å². The van der Waals surface area contributed by atoms with Crippen molar-refractivity contribution >= 4 is 20.4 Å². The summed E-state index contributed by atoms with van der Waals surface area (Å²) in [6.07, 6.45) is 21.2. The summed E-state index contributed by atoms with van der Waals surface area (Å²) in [6, 6.07) is 0. The molecule has 0 bridgehead atoms. The molecule has 0 aromatic heterocycles. The summed E-state index contributed by atoms with van der Waals surface area (Å²) in [5.74, 6) is 0. The topological polar surface area (TPSA) is 51.2 Å². The molecule has 1 aliphatic carbocycles. The quantitative estimate of drug-likeness (QED) is 0.384. The van der Waals surface area contributed by atoms with Gasteiger partial charge >= 0.3 is 109 Å². The van der Waals surface area contributed by atoms with E-state index < -0.39 is 0 Å². The van der Waals surface area contributed by atoms with E-state index in [0.717, 1.165) is 6.42 Å². The van der Waals surface area contributed by atoms with Crippen molar-refractivity contribution in [1.82, 2.24) is 0 Å². The Kier molecular flexibility index (Phi) is 31.2. The maximum absolute atomic E-state index is 7.50. The molecule has 0 atom stereocenters. The molecular formula is C20H29MnO3. The fourth-order valence-electron chi connectivity index (χ4n) is 2.55. The minimum Gasteiger partial charge on any atom is -0.281 e. The molecule has 134 valence electrons. The molecule has 0 N–H and O–H groups in total. The zero-order valence-electron chi connectivity index (χ0n) is 14.7. The van der Waals surface area contributed by atoms with Crippen LogP contribution in [0.1, 0.15) is 84.0 Å². The van der Waals surface area contributed by atoms with Gasteiger partial charge in [-0.2, -0.15) is 0 Å². The Morgan fingerprint density at radius 2 is 1.21 bits per heavy atom. The molecule has 1 rings (SSSR count). The van der Waals surface area contributed by atoms with Crippen molar-refractivity contribution in [2.75, 3.05) is 0 Å². The largest absolute Gasteiger partial charge is 0.281 e. The molecule has 0 aliphatic heterocycles. The number of hydrogen-bond acceptors (Lipinski definition) is 3. The molecule has 4 heteroatoms. The molecule has 0 saturated carbocycles. The van der Waals surface area contributed by atoms with Crippen molar-refractivity contribution < 1.29 is 30.4 Å². The first-order valence-corrected chi connectivity index (χ1v) is 9.09. The fourth-order valence-corrected chi connectivity index (χ4v) is 2.93. The second kappa shape index (κ2) is 26.9. The van der Waals surface area contributed by atoms with Crippen molar-refractivity contribution in [2.45, 2.75) is 84.0 Å². The van der Waals surface area contributed by atoms with E-state index in [1.54, 1.807) is 0 Å². The first kappa shape index (κ1) is 27.8. The number of allylic oxidation sites excluding steroid dienone is 4. The van der Waals surface area contributed by atoms with Crippen LogP contribution in [0, 0.1) is 0 Å². The Labute approximate surface area is 157 Å². The van der Waals surface area contributed by atoms with E-state index in [-0.39, 0.29) is 0 Å². The molecule has 0 heterocycles. The fraction of sp³-hybridized carbons (Fsp3) is 0.650. The summed E-state index contributed by atoms with van der Waals surface area (Å²) in [5.41, 5.74) is 1.54. The van der Waals surface area contributed by atoms with Gasteiger partial charge < -0.3 is 0 Å². The SMILES string of the molecule is CCCCCCCCCCCCC1=[C]([Mn])CC=C1.[C]=O.[C]=O.[C]=O. The van der Waals surface area contributed by atoms with Crippen molar-refractivity contribution in [1.29, 1.82) is 0 Å². The van der Waals surface area contributed by atoms with E-state index >= 15 is 0 Å². The molecule has 0 spiro atoms. The van der Waals surface area contributed by atoms with Crippen LogP contribution < -0.4 is 0 Å². The molecule has 0 aromatic rings. The second-order valence-electron chi connectivity index (χ2n) is 5.47. The third-order valence-corrected chi connectivity index (χ3v) is 4.38. The number of carbonyl (C=O) groups excluding carboxylic acids is 3. The van der Waals surface area contributed by atoms with Crippen molar-refractivity contribution in [2.24, 2.45) is 0 Å². The number of rotatable bonds is 11. The van der Waals surface area contributed by atoms with E-state index in [1.807, 2.05) is 0 Å². The van der Waals surface area contributed by atoms with Gasteiger partial charge in [0.1, 0.15) is 0 Å². The molecule has 0 fully saturated rings. The van der Waals surface area contributed by atoms with Gasteiger partial charge in [0.25, 0.3) is 20.4 Å². The van der Waals surface area contributed by atoms with E-state index in [2.05, 4.69) is 55.5 Å². The van der Waals surface area contributed by atoms with Crippen LogP contribution in [-0.2, 0) is 30.4 Å². The molecule has 3 nitrogen and oxygen atoms in total. The van der Waals surface area contributed by atoms with Crippen LogP contribution in [0.15, 0.2) is 22.2 Å². The maximum Gasteiger partial charge on any atom is 0.281 e. The summed E-state index contributed by atoms with van der Waals surface area (Å²) in [4.78, 5) is 22.5. The molecular weight excluding hydrogens is 343 g/mol. The first-order valence-electron chi connectivity index (χ1n) is 8.50. The van der Waals surface area contributed by atoms with Crippen LogP contribution in [0.3, 0.4) is 0 Å². The van der Waals surface area contributed by atoms with Crippen molar-refractivity contribution in [3.8, 4) is 0 Å². The average molecular weight is 372 g/mol. The van der Waals surface area contributed by atoms with E-state index in [4.69, 9.17) is 14.4 Å². The maximum atomic E-state index is 7.50. The Hall–Kier alpha value is -0.991. The van der Waals surface area contributed by atoms with Crippen molar-refractivity contribution in [3.05, 3.63) is 22.2 Å². The van der Waals surface area contributed by atoms with Crippen LogP contribution in [0.4, 0.5) is 0 Å². The standard InChI is InChI=1S/C17H29.3CO.Mn/c1-2-3-4-5-6-7-8-9-10-11-14-17-15-12-13-16-17;3*1-2;/h12,15H,2-11,13-14H2,1H3;;;;. The molecule has 1 aliphatic rings. The predicted octanol–water partition coefficient (Wildman–Crippen LogP) is 4.87. The van der Waals surface area contributed by atoms with Crippen LogP contribution in [0.2, 0.25) is 0 Å². The summed E-state index contributed by atoms with van der Waals surface area (Å²) in [5, 5.41) is 0. The molecule has 6 radical (unpaired) electrons. The van der Waals surface area contributed by atoms with E-state index in [9.17, 15) is 0 Å². The molecule has 0 unspecified atom stereocenters. The van der Waals surface area contributed by atoms with Crippen LogP contribution >= 0.6 is 0 Å². The van der Waals surface area contributed by atoms with Gasteiger partial charge in [0.2, 0.25) is 0 Å². The third kappa shape index (κ3) is 19.1. The third-order valence-electron chi connectivity index (χ3n) is 3.76. The zero-order chi connectivity index (χ0) is 19.1. The second-order valence-corrected chi connectivity index (χ2v) is 6.18. The van der Waals surface area contributed by atoms with Gasteiger partial charge in [-0.1, -0.05) is 13.3 Å². The summed E-state index contributed by atoms with van der Waals surface area (Å²) in [7, 11) is 0. The molecule has 0 amide bonds. The summed E-state index contributed by atoms with van der Waals surface area (Å²) < 4.78 is 1.42. The van der Waals surface area contributed by atoms with Gasteiger partial charge in [-0.15, -0.1) is 0 Å². The monoisotopic (exact) mass is 372 g/mol. The molecule has 0 aromatic carbocycles. The Bertz CT molecular complexity index is 309. The van der Waals surface area contributed by atoms with Gasteiger partial charge in [-0.05, 0) is 0 Å². The van der Waals surface area contributed by atoms with E-state index in [0.29, 0.717) is 0 Å². The van der Waals surface area contributed by atoms with Crippen molar-refractivity contribution in [3.63, 3.8) is 0 Å². The van der Waals surface area contributed by atoms with Gasteiger partial charge in [0.05, 0.1) is 0 Å². The van der Waals surface area contributed by atoms with Gasteiger partial charge in [0, 0.05) is 0 Å². The Morgan fingerprint density at radius 1 is 0.792 bits per heavy atom. The first-order chi connectivity index (χ1) is 11.8. The predicted molar refractivity (Wildman–Crippen MR) is 94.3 cm³/mol. The van der Waals surface area contributed by atoms with Crippen LogP contribution in [0.5, 0.6) is 0 Å². The van der Waals surface area contributed by atoms with E-state index in [1.165, 1.54) is 80.7 Å². The minimum absolute atomic E-state index is 1.12. The Morgan fingerprint density at radius 3 is 1.58 bits per heavy atom. The normalized spacial score (nSPS) is 11.6. The minimum atomic E-state index is 1.12. The summed E-state index contributed by atoms with van der Waals surface area (Å²) in [6.45, 7) is 15.8. The van der Waals surface area contributed by atoms with Gasteiger partial charge in [0.15, 0.2) is 0 Å². The smallest absolute Gasteiger partial charge is 0.281 e. The number of hydrogen-bond donors (Lipinski definition) is 0. The summed E-state index contributed by atoms with van der Waals surface area (Å²) >= 11 is 3.65. The molecule has 0 saturated heterocycles. The van der Waals surface area contributed by atoms with Crippen LogP contribution in [-0.4, -0.2) is 20.4 Å². The Balaban J connectivity index is -0.000000659. The zero-order valence-corrected chi connectivity index (χ0v) is 15.9.